The van der Waals surface area contributed by atoms with E-state index >= 15 is 0 Å². The molecule has 0 amide bonds. The van der Waals surface area contributed by atoms with Crippen LogP contribution in [0.2, 0.25) is 0 Å². The molecule has 0 fully saturated rings. The van der Waals surface area contributed by atoms with Crippen molar-refractivity contribution in [3.63, 3.8) is 0 Å². The molecule has 0 aliphatic heterocycles. The van der Waals surface area contributed by atoms with Crippen molar-refractivity contribution in [2.75, 3.05) is 0 Å². The molecule has 1 aliphatic rings. The Kier molecular flexibility index (Phi) is 7.59. The van der Waals surface area contributed by atoms with Crippen LogP contribution in [0.1, 0.15) is 22.7 Å². The van der Waals surface area contributed by atoms with Gasteiger partial charge in [-0.2, -0.15) is 0 Å². The molecule has 264 valence electrons. The number of nitrogens with zero attached hydrogens (tertiary/aromatic N) is 3. The van der Waals surface area contributed by atoms with Crippen molar-refractivity contribution in [2.24, 2.45) is 0 Å². The minimum Gasteiger partial charge on any atom is -0.454 e. The van der Waals surface area contributed by atoms with Crippen molar-refractivity contribution in [1.82, 2.24) is 14.5 Å². The molecule has 4 nitrogen and oxygen atoms in total. The Morgan fingerprint density at radius 3 is 1.98 bits per heavy atom. The van der Waals surface area contributed by atoms with Crippen LogP contribution in [0.25, 0.3) is 89.6 Å². The average Bonchev–Trinajstić information content (AvgIpc) is 3.83. The third kappa shape index (κ3) is 5.38. The van der Waals surface area contributed by atoms with E-state index in [0.717, 1.165) is 67.6 Å². The summed E-state index contributed by atoms with van der Waals surface area (Å²) in [6.07, 6.45) is 5.60. The maximum atomic E-state index is 6.93. The lowest BCUT2D eigenvalue weighted by Gasteiger charge is -2.19. The predicted molar refractivity (Wildman–Crippen MR) is 230 cm³/mol. The van der Waals surface area contributed by atoms with Gasteiger partial charge in [-0.05, 0) is 65.1 Å². The van der Waals surface area contributed by atoms with Gasteiger partial charge < -0.3 is 8.98 Å². The van der Waals surface area contributed by atoms with Crippen LogP contribution in [0.4, 0.5) is 0 Å². The van der Waals surface area contributed by atoms with Gasteiger partial charge in [-0.15, -0.1) is 0 Å². The van der Waals surface area contributed by atoms with E-state index in [0.29, 0.717) is 11.7 Å². The lowest BCUT2D eigenvalue weighted by atomic mass is 9.86. The lowest BCUT2D eigenvalue weighted by Crippen LogP contribution is -2.07. The Hall–Kier alpha value is -7.30. The summed E-state index contributed by atoms with van der Waals surface area (Å²) in [5.74, 6) is 0.982. The Bertz CT molecular complexity index is 3030. The number of rotatable bonds is 6. The second-order valence-corrected chi connectivity index (χ2v) is 14.5. The highest BCUT2D eigenvalue weighted by Crippen LogP contribution is 2.44. The second kappa shape index (κ2) is 13.2. The first-order chi connectivity index (χ1) is 27.8. The third-order valence-corrected chi connectivity index (χ3v) is 11.2. The van der Waals surface area contributed by atoms with Gasteiger partial charge in [-0.25, -0.2) is 9.97 Å². The van der Waals surface area contributed by atoms with E-state index in [1.54, 1.807) is 0 Å². The predicted octanol–water partition coefficient (Wildman–Crippen LogP) is 13.3. The highest BCUT2D eigenvalue weighted by Gasteiger charge is 2.26. The van der Waals surface area contributed by atoms with Gasteiger partial charge in [0, 0.05) is 44.5 Å². The summed E-state index contributed by atoms with van der Waals surface area (Å²) in [5.41, 5.74) is 14.9. The number of benzene rings is 7. The zero-order valence-corrected chi connectivity index (χ0v) is 30.5. The molecule has 10 aromatic rings. The molecule has 7 aromatic carbocycles. The van der Waals surface area contributed by atoms with Gasteiger partial charge in [-0.1, -0.05) is 158 Å². The minimum absolute atomic E-state index is 0.294. The quantitative estimate of drug-likeness (QED) is 0.172. The van der Waals surface area contributed by atoms with Gasteiger partial charge in [-0.3, -0.25) is 0 Å². The molecule has 0 spiro atoms. The zero-order valence-electron chi connectivity index (χ0n) is 30.5. The number of fused-ring (bicyclic) bond motifs is 6. The summed E-state index contributed by atoms with van der Waals surface area (Å²) in [5, 5.41) is 3.36. The van der Waals surface area contributed by atoms with Crippen molar-refractivity contribution in [3.05, 3.63) is 205 Å². The number of allylic oxidation sites excluding steroid dienone is 1. The van der Waals surface area contributed by atoms with Gasteiger partial charge in [0.15, 0.2) is 11.4 Å². The molecule has 3 aromatic heterocycles. The Balaban J connectivity index is 1.13. The van der Waals surface area contributed by atoms with E-state index in [1.165, 1.54) is 33.3 Å². The van der Waals surface area contributed by atoms with Crippen LogP contribution in [0.3, 0.4) is 0 Å². The fraction of sp³-hybridized carbons (Fsp3) is 0.0385. The molecule has 1 aliphatic carbocycles. The molecule has 0 N–H and O–H groups in total. The Morgan fingerprint density at radius 2 is 1.21 bits per heavy atom. The van der Waals surface area contributed by atoms with Crippen LogP contribution < -0.4 is 0 Å². The van der Waals surface area contributed by atoms with Crippen LogP contribution in [0, 0.1) is 0 Å². The third-order valence-electron chi connectivity index (χ3n) is 11.2. The van der Waals surface area contributed by atoms with Crippen molar-refractivity contribution in [3.8, 4) is 50.7 Å². The summed E-state index contributed by atoms with van der Waals surface area (Å²) in [6, 6.07) is 63.9. The molecule has 1 atom stereocenters. The topological polar surface area (TPSA) is 43.9 Å². The number of hydrogen-bond acceptors (Lipinski definition) is 3. The first kappa shape index (κ1) is 32.2. The van der Waals surface area contributed by atoms with E-state index in [-0.39, 0.29) is 0 Å². The first-order valence-corrected chi connectivity index (χ1v) is 19.2. The molecule has 0 saturated carbocycles. The zero-order chi connectivity index (χ0) is 37.0. The van der Waals surface area contributed by atoms with Gasteiger partial charge in [0.1, 0.15) is 5.58 Å². The first-order valence-electron chi connectivity index (χ1n) is 19.2. The minimum atomic E-state index is 0.294. The smallest absolute Gasteiger partial charge is 0.160 e. The monoisotopic (exact) mass is 717 g/mol. The van der Waals surface area contributed by atoms with Crippen LogP contribution in [0.15, 0.2) is 192 Å². The van der Waals surface area contributed by atoms with Gasteiger partial charge in [0.25, 0.3) is 0 Å². The Morgan fingerprint density at radius 1 is 0.536 bits per heavy atom. The van der Waals surface area contributed by atoms with E-state index in [1.807, 2.05) is 36.4 Å². The van der Waals surface area contributed by atoms with E-state index in [2.05, 4.69) is 162 Å². The molecular formula is C52H35N3O. The summed E-state index contributed by atoms with van der Waals surface area (Å²) in [7, 11) is 0. The fourth-order valence-corrected chi connectivity index (χ4v) is 8.54. The highest BCUT2D eigenvalue weighted by molar-refractivity contribution is 6.14. The molecule has 56 heavy (non-hydrogen) atoms. The number of aromatic nitrogens is 3. The lowest BCUT2D eigenvalue weighted by molar-refractivity contribution is 0.665. The summed E-state index contributed by atoms with van der Waals surface area (Å²) >= 11 is 0. The van der Waals surface area contributed by atoms with E-state index in [9.17, 15) is 0 Å². The average molecular weight is 718 g/mol. The highest BCUT2D eigenvalue weighted by atomic mass is 16.3. The summed E-state index contributed by atoms with van der Waals surface area (Å²) < 4.78 is 9.34. The molecule has 0 saturated heterocycles. The van der Waals surface area contributed by atoms with Crippen molar-refractivity contribution in [2.45, 2.75) is 12.3 Å². The summed E-state index contributed by atoms with van der Waals surface area (Å²) in [6.45, 7) is 0. The standard InChI is InChI=1S/C52H35N3O/c1-5-15-34(16-6-1)38-27-29-46-42(31-38)43-32-39(35-17-7-2-8-18-35)28-30-47(43)55(46)48-25-13-24-41-50-40(23-14-26-49(50)56-51(41)48)45-33-44(36-19-9-3-10-20-36)53-52(54-45)37-21-11-4-12-22-37/h1-31,33,39H,32H2. The van der Waals surface area contributed by atoms with Gasteiger partial charge in [0.2, 0.25) is 0 Å². The van der Waals surface area contributed by atoms with E-state index < -0.39 is 0 Å². The fourth-order valence-electron chi connectivity index (χ4n) is 8.54. The molecule has 11 rings (SSSR count). The maximum absolute atomic E-state index is 6.93. The van der Waals surface area contributed by atoms with Crippen LogP contribution in [0.5, 0.6) is 0 Å². The number of hydrogen-bond donors (Lipinski definition) is 0. The molecule has 3 heterocycles. The Labute approximate surface area is 324 Å². The molecule has 4 heteroatoms. The molecule has 1 unspecified atom stereocenters. The van der Waals surface area contributed by atoms with Crippen molar-refractivity contribution in [1.29, 1.82) is 0 Å². The van der Waals surface area contributed by atoms with E-state index in [4.69, 9.17) is 14.4 Å². The van der Waals surface area contributed by atoms with Crippen LogP contribution in [-0.4, -0.2) is 14.5 Å². The second-order valence-electron chi connectivity index (χ2n) is 14.5. The van der Waals surface area contributed by atoms with Crippen LogP contribution in [-0.2, 0) is 6.42 Å². The largest absolute Gasteiger partial charge is 0.454 e. The molecule has 0 radical (unpaired) electrons. The number of furan rings is 1. The summed E-state index contributed by atoms with van der Waals surface area (Å²) in [4.78, 5) is 10.3. The van der Waals surface area contributed by atoms with Gasteiger partial charge >= 0.3 is 0 Å². The normalized spacial score (nSPS) is 13.8. The van der Waals surface area contributed by atoms with Crippen LogP contribution >= 0.6 is 0 Å². The maximum Gasteiger partial charge on any atom is 0.160 e. The molecule has 0 bridgehead atoms. The number of para-hydroxylation sites is 1. The van der Waals surface area contributed by atoms with Crippen molar-refractivity contribution < 1.29 is 4.42 Å². The van der Waals surface area contributed by atoms with Gasteiger partial charge in [0.05, 0.1) is 22.6 Å². The SMILES string of the molecule is C1=CC(c2ccccc2)Cc2c1n(-c1cccc3c1oc1cccc(-c4cc(-c5ccccc5)nc(-c5ccccc5)n4)c13)c1ccc(-c3ccccc3)cc21. The molecular weight excluding hydrogens is 683 g/mol. The van der Waals surface area contributed by atoms with Crippen molar-refractivity contribution >= 4 is 38.9 Å².